The van der Waals surface area contributed by atoms with Gasteiger partial charge < -0.3 is 10.1 Å². The van der Waals surface area contributed by atoms with Gasteiger partial charge in [-0.3, -0.25) is 9.69 Å². The summed E-state index contributed by atoms with van der Waals surface area (Å²) in [6.07, 6.45) is 0.499. The maximum Gasteiger partial charge on any atom is 0.324 e. The second kappa shape index (κ2) is 8.25. The highest BCUT2D eigenvalue weighted by Crippen LogP contribution is 2.23. The molecule has 0 spiro atoms. The lowest BCUT2D eigenvalue weighted by atomic mass is 9.98. The van der Waals surface area contributed by atoms with E-state index in [1.54, 1.807) is 0 Å². The van der Waals surface area contributed by atoms with Crippen molar-refractivity contribution >= 4 is 11.9 Å². The van der Waals surface area contributed by atoms with E-state index in [4.69, 9.17) is 4.74 Å². The molecule has 1 fully saturated rings. The minimum absolute atomic E-state index is 0.196. The van der Waals surface area contributed by atoms with E-state index in [2.05, 4.69) is 32.2 Å². The minimum atomic E-state index is -0.507. The van der Waals surface area contributed by atoms with Crippen molar-refractivity contribution in [3.63, 3.8) is 0 Å². The maximum atomic E-state index is 12.5. The highest BCUT2D eigenvalue weighted by molar-refractivity contribution is 6.04. The molecule has 0 saturated carbocycles. The van der Waals surface area contributed by atoms with E-state index in [1.165, 1.54) is 16.0 Å². The Balaban J connectivity index is 1.54. The lowest BCUT2D eigenvalue weighted by Gasteiger charge is -2.15. The smallest absolute Gasteiger partial charge is 0.324 e. The van der Waals surface area contributed by atoms with Crippen LogP contribution in [-0.4, -0.2) is 36.0 Å². The highest BCUT2D eigenvalue weighted by Gasteiger charge is 2.37. The van der Waals surface area contributed by atoms with Crippen molar-refractivity contribution in [2.24, 2.45) is 0 Å². The Kier molecular flexibility index (Phi) is 5.79. The number of aryl methyl sites for hydroxylation is 1. The zero-order chi connectivity index (χ0) is 19.4. The van der Waals surface area contributed by atoms with Crippen molar-refractivity contribution in [1.82, 2.24) is 10.2 Å². The summed E-state index contributed by atoms with van der Waals surface area (Å²) < 4.78 is 5.76. The van der Waals surface area contributed by atoms with E-state index < -0.39 is 6.04 Å². The summed E-state index contributed by atoms with van der Waals surface area (Å²) in [5, 5.41) is 2.76. The maximum absolute atomic E-state index is 12.5. The number of nitrogens with one attached hydrogen (secondary N) is 1. The monoisotopic (exact) mass is 366 g/mol. The first kappa shape index (κ1) is 19.0. The molecule has 142 valence electrons. The van der Waals surface area contributed by atoms with Gasteiger partial charge in [0.15, 0.2) is 0 Å². The van der Waals surface area contributed by atoms with Crippen LogP contribution in [0.2, 0.25) is 0 Å². The molecule has 1 aliphatic rings. The molecule has 1 saturated heterocycles. The molecule has 3 rings (SSSR count). The predicted molar refractivity (Wildman–Crippen MR) is 105 cm³/mol. The van der Waals surface area contributed by atoms with Gasteiger partial charge in [0.05, 0.1) is 6.54 Å². The fourth-order valence-electron chi connectivity index (χ4n) is 3.42. The van der Waals surface area contributed by atoms with Crippen LogP contribution >= 0.6 is 0 Å². The van der Waals surface area contributed by atoms with Gasteiger partial charge in [-0.05, 0) is 41.7 Å². The molecule has 2 aromatic carbocycles. The van der Waals surface area contributed by atoms with Crippen molar-refractivity contribution in [3.8, 4) is 5.75 Å². The largest absolute Gasteiger partial charge is 0.492 e. The second-order valence-electron chi connectivity index (χ2n) is 7.20. The van der Waals surface area contributed by atoms with Crippen molar-refractivity contribution in [2.75, 3.05) is 13.2 Å². The SMILES string of the molecule is Cc1cc(OCCN2C(=O)NC(Cc3ccccc3)C2=O)ccc1C(C)C. The second-order valence-corrected chi connectivity index (χ2v) is 7.20. The Morgan fingerprint density at radius 3 is 2.52 bits per heavy atom. The molecule has 0 aliphatic carbocycles. The molecule has 0 bridgehead atoms. The summed E-state index contributed by atoms with van der Waals surface area (Å²) in [4.78, 5) is 25.9. The van der Waals surface area contributed by atoms with E-state index in [0.717, 1.165) is 11.3 Å². The summed E-state index contributed by atoms with van der Waals surface area (Å²) in [6.45, 7) is 6.89. The van der Waals surface area contributed by atoms with Crippen molar-refractivity contribution < 1.29 is 14.3 Å². The molecular formula is C22H26N2O3. The number of hydrogen-bond acceptors (Lipinski definition) is 3. The number of rotatable bonds is 7. The van der Waals surface area contributed by atoms with Gasteiger partial charge in [0, 0.05) is 6.42 Å². The third kappa shape index (κ3) is 4.48. The Morgan fingerprint density at radius 2 is 1.85 bits per heavy atom. The van der Waals surface area contributed by atoms with Crippen LogP contribution in [0.4, 0.5) is 4.79 Å². The Bertz CT molecular complexity index is 818. The fourth-order valence-corrected chi connectivity index (χ4v) is 3.42. The van der Waals surface area contributed by atoms with Crippen LogP contribution in [-0.2, 0) is 11.2 Å². The van der Waals surface area contributed by atoms with Crippen molar-refractivity contribution in [2.45, 2.75) is 39.2 Å². The molecular weight excluding hydrogens is 340 g/mol. The number of carbonyl (C=O) groups is 2. The predicted octanol–water partition coefficient (Wildman–Crippen LogP) is 3.66. The van der Waals surface area contributed by atoms with Crippen LogP contribution in [0, 0.1) is 6.92 Å². The number of hydrogen-bond donors (Lipinski definition) is 1. The Labute approximate surface area is 160 Å². The minimum Gasteiger partial charge on any atom is -0.492 e. The number of ether oxygens (including phenoxy) is 1. The van der Waals surface area contributed by atoms with Crippen LogP contribution in [0.25, 0.3) is 0 Å². The van der Waals surface area contributed by atoms with Crippen LogP contribution in [0.5, 0.6) is 5.75 Å². The molecule has 27 heavy (non-hydrogen) atoms. The lowest BCUT2D eigenvalue weighted by Crippen LogP contribution is -2.35. The van der Waals surface area contributed by atoms with Gasteiger partial charge in [-0.2, -0.15) is 0 Å². The summed E-state index contributed by atoms with van der Waals surface area (Å²) >= 11 is 0. The van der Waals surface area contributed by atoms with Gasteiger partial charge in [0.25, 0.3) is 5.91 Å². The first-order chi connectivity index (χ1) is 13.0. The molecule has 0 aromatic heterocycles. The number of urea groups is 1. The van der Waals surface area contributed by atoms with Crippen LogP contribution in [0.15, 0.2) is 48.5 Å². The third-order valence-corrected chi connectivity index (χ3v) is 4.84. The molecule has 5 heteroatoms. The molecule has 1 atom stereocenters. The van der Waals surface area contributed by atoms with Crippen LogP contribution in [0.1, 0.15) is 36.5 Å². The summed E-state index contributed by atoms with van der Waals surface area (Å²) in [5.74, 6) is 1.02. The molecule has 3 amide bonds. The molecule has 1 N–H and O–H groups in total. The number of carbonyl (C=O) groups excluding carboxylic acids is 2. The number of benzene rings is 2. The van der Waals surface area contributed by atoms with Crippen molar-refractivity contribution in [3.05, 3.63) is 65.2 Å². The first-order valence-electron chi connectivity index (χ1n) is 9.35. The number of amides is 3. The first-order valence-corrected chi connectivity index (χ1v) is 9.35. The molecule has 5 nitrogen and oxygen atoms in total. The normalized spacial score (nSPS) is 16.7. The third-order valence-electron chi connectivity index (χ3n) is 4.84. The zero-order valence-electron chi connectivity index (χ0n) is 16.1. The van der Waals surface area contributed by atoms with Gasteiger partial charge in [0.2, 0.25) is 0 Å². The Morgan fingerprint density at radius 1 is 1.11 bits per heavy atom. The van der Waals surface area contributed by atoms with E-state index in [9.17, 15) is 9.59 Å². The standard InChI is InChI=1S/C22H26N2O3/c1-15(2)19-10-9-18(13-16(19)3)27-12-11-24-21(25)20(23-22(24)26)14-17-7-5-4-6-8-17/h4-10,13,15,20H,11-12,14H2,1-3H3,(H,23,26). The van der Waals surface area contributed by atoms with Gasteiger partial charge in [-0.15, -0.1) is 0 Å². The molecule has 2 aromatic rings. The summed E-state index contributed by atoms with van der Waals surface area (Å²) in [5.41, 5.74) is 3.50. The summed E-state index contributed by atoms with van der Waals surface area (Å²) in [6, 6.07) is 14.8. The Hall–Kier alpha value is -2.82. The topological polar surface area (TPSA) is 58.6 Å². The fraction of sp³-hybridized carbons (Fsp3) is 0.364. The number of imide groups is 1. The molecule has 1 aliphatic heterocycles. The average Bonchev–Trinajstić information content (AvgIpc) is 2.89. The molecule has 1 heterocycles. The van der Waals surface area contributed by atoms with Gasteiger partial charge in [-0.25, -0.2) is 4.79 Å². The zero-order valence-corrected chi connectivity index (χ0v) is 16.1. The van der Waals surface area contributed by atoms with Crippen LogP contribution in [0.3, 0.4) is 0 Å². The quantitative estimate of drug-likeness (QED) is 0.761. The van der Waals surface area contributed by atoms with E-state index in [1.807, 2.05) is 42.5 Å². The molecule has 1 unspecified atom stereocenters. The van der Waals surface area contributed by atoms with Crippen molar-refractivity contribution in [1.29, 1.82) is 0 Å². The van der Waals surface area contributed by atoms with Gasteiger partial charge in [-0.1, -0.05) is 50.2 Å². The van der Waals surface area contributed by atoms with E-state index in [-0.39, 0.29) is 25.1 Å². The summed E-state index contributed by atoms with van der Waals surface area (Å²) in [7, 11) is 0. The average molecular weight is 366 g/mol. The molecule has 0 radical (unpaired) electrons. The number of nitrogens with zero attached hydrogens (tertiary/aromatic N) is 1. The lowest BCUT2D eigenvalue weighted by molar-refractivity contribution is -0.127. The van der Waals surface area contributed by atoms with Gasteiger partial charge in [0.1, 0.15) is 18.4 Å². The van der Waals surface area contributed by atoms with E-state index >= 15 is 0 Å². The van der Waals surface area contributed by atoms with Gasteiger partial charge >= 0.3 is 6.03 Å². The van der Waals surface area contributed by atoms with E-state index in [0.29, 0.717) is 12.3 Å². The highest BCUT2D eigenvalue weighted by atomic mass is 16.5. The van der Waals surface area contributed by atoms with Crippen LogP contribution < -0.4 is 10.1 Å².